The number of rotatable bonds is 7. The molecule has 2 aliphatic rings. The van der Waals surface area contributed by atoms with Gasteiger partial charge in [0.2, 0.25) is 5.91 Å². The minimum atomic E-state index is -0.998. The third kappa shape index (κ3) is 5.24. The number of thiazole rings is 1. The van der Waals surface area contributed by atoms with Crippen LogP contribution in [0.1, 0.15) is 50.9 Å². The molecule has 6 rings (SSSR count). The molecule has 0 radical (unpaired) electrons. The largest absolute Gasteiger partial charge is 0.493 e. The molecule has 0 aliphatic carbocycles. The molecule has 0 bridgehead atoms. The number of halogens is 1. The second-order valence-electron chi connectivity index (χ2n) is 11.9. The Morgan fingerprint density at radius 1 is 1.07 bits per heavy atom. The monoisotopic (exact) mass is 600 g/mol. The molecule has 8 nitrogen and oxygen atoms in total. The summed E-state index contributed by atoms with van der Waals surface area (Å²) in [4.78, 5) is 37.9. The van der Waals surface area contributed by atoms with Crippen molar-refractivity contribution >= 4 is 51.0 Å². The Bertz CT molecular complexity index is 1760. The first-order chi connectivity index (χ1) is 20.5. The third-order valence-corrected chi connectivity index (χ3v) is 9.70. The van der Waals surface area contributed by atoms with Crippen molar-refractivity contribution in [2.24, 2.45) is 10.4 Å². The van der Waals surface area contributed by atoms with Gasteiger partial charge in [-0.05, 0) is 89.1 Å². The molecule has 1 N–H and O–H groups in total. The van der Waals surface area contributed by atoms with E-state index in [0.29, 0.717) is 35.0 Å². The lowest BCUT2D eigenvalue weighted by molar-refractivity contribution is -0.134. The van der Waals surface area contributed by atoms with Crippen LogP contribution in [0.2, 0.25) is 0 Å². The van der Waals surface area contributed by atoms with Crippen LogP contribution < -0.4 is 14.8 Å². The zero-order valence-electron chi connectivity index (χ0n) is 24.7. The average Bonchev–Trinajstić information content (AvgIpc) is 3.60. The summed E-state index contributed by atoms with van der Waals surface area (Å²) in [5, 5.41) is 3.78. The van der Waals surface area contributed by atoms with Gasteiger partial charge in [0.1, 0.15) is 16.4 Å². The molecule has 1 fully saturated rings. The van der Waals surface area contributed by atoms with Crippen LogP contribution in [0.5, 0.6) is 11.5 Å². The molecule has 10 heteroatoms. The molecule has 1 atom stereocenters. The van der Waals surface area contributed by atoms with E-state index in [1.807, 2.05) is 63.1 Å². The standard InChI is InChI=1S/C33H33FN4O4S/c1-32(2,31(40)36-21-11-8-19(9-12-21)29-37-24-13-10-20(34)15-28(24)43-29)33(3,4)42-27-17-25-23(16-26(27)41-5)30(39)38-14-6-7-22(38)18-35-25/h8-13,15-18,22H,6-7,14H2,1-5H3,(H,36,40). The molecular formula is C33H33FN4O4S. The number of hydrogen-bond acceptors (Lipinski definition) is 7. The highest BCUT2D eigenvalue weighted by Crippen LogP contribution is 2.43. The van der Waals surface area contributed by atoms with Gasteiger partial charge in [-0.2, -0.15) is 0 Å². The Kier molecular flexibility index (Phi) is 7.20. The summed E-state index contributed by atoms with van der Waals surface area (Å²) < 4.78 is 26.5. The first kappa shape index (κ1) is 28.8. The molecule has 2 aliphatic heterocycles. The molecule has 2 amide bonds. The van der Waals surface area contributed by atoms with Crippen LogP contribution in [0.4, 0.5) is 15.8 Å². The van der Waals surface area contributed by atoms with E-state index in [1.54, 1.807) is 18.2 Å². The predicted molar refractivity (Wildman–Crippen MR) is 167 cm³/mol. The molecule has 3 heterocycles. The van der Waals surface area contributed by atoms with Crippen LogP contribution in [-0.4, -0.2) is 53.2 Å². The van der Waals surface area contributed by atoms with Crippen molar-refractivity contribution in [3.05, 3.63) is 66.0 Å². The van der Waals surface area contributed by atoms with Crippen LogP contribution in [0.3, 0.4) is 0 Å². The van der Waals surface area contributed by atoms with Crippen molar-refractivity contribution in [3.63, 3.8) is 0 Å². The maximum atomic E-state index is 13.6. The lowest BCUT2D eigenvalue weighted by Gasteiger charge is -2.40. The SMILES string of the molecule is COc1cc2c(cc1OC(C)(C)C(C)(C)C(=O)Nc1ccc(-c3nc4ccc(F)cc4s3)cc1)N=CC1CCCN1C2=O. The summed E-state index contributed by atoms with van der Waals surface area (Å²) in [7, 11) is 1.53. The molecule has 1 saturated heterocycles. The smallest absolute Gasteiger partial charge is 0.256 e. The van der Waals surface area contributed by atoms with Gasteiger partial charge in [0.05, 0.1) is 40.0 Å². The highest BCUT2D eigenvalue weighted by Gasteiger charge is 2.46. The number of hydrogen-bond donors (Lipinski definition) is 1. The number of benzene rings is 3. The van der Waals surface area contributed by atoms with Crippen molar-refractivity contribution in [2.75, 3.05) is 19.0 Å². The quantitative estimate of drug-likeness (QED) is 0.241. The number of ether oxygens (including phenoxy) is 2. The minimum absolute atomic E-state index is 0.00539. The van der Waals surface area contributed by atoms with Gasteiger partial charge in [0.15, 0.2) is 11.5 Å². The van der Waals surface area contributed by atoms with Gasteiger partial charge in [-0.1, -0.05) is 0 Å². The highest BCUT2D eigenvalue weighted by molar-refractivity contribution is 7.21. The molecule has 43 heavy (non-hydrogen) atoms. The number of fused-ring (bicyclic) bond motifs is 3. The zero-order chi connectivity index (χ0) is 30.5. The van der Waals surface area contributed by atoms with E-state index < -0.39 is 11.0 Å². The Labute approximate surface area is 253 Å². The van der Waals surface area contributed by atoms with Crippen molar-refractivity contribution in [1.29, 1.82) is 0 Å². The summed E-state index contributed by atoms with van der Waals surface area (Å²) in [6, 6.07) is 15.3. The van der Waals surface area contributed by atoms with E-state index in [9.17, 15) is 14.0 Å². The topological polar surface area (TPSA) is 93.1 Å². The van der Waals surface area contributed by atoms with E-state index in [0.717, 1.165) is 33.6 Å². The summed E-state index contributed by atoms with van der Waals surface area (Å²) in [6.45, 7) is 8.05. The van der Waals surface area contributed by atoms with Gasteiger partial charge in [0.25, 0.3) is 5.91 Å². The van der Waals surface area contributed by atoms with Crippen molar-refractivity contribution in [2.45, 2.75) is 52.2 Å². The van der Waals surface area contributed by atoms with E-state index in [2.05, 4.69) is 15.3 Å². The Balaban J connectivity index is 1.20. The molecule has 0 saturated carbocycles. The molecule has 1 unspecified atom stereocenters. The first-order valence-corrected chi connectivity index (χ1v) is 15.0. The molecular weight excluding hydrogens is 567 g/mol. The fraction of sp³-hybridized carbons (Fsp3) is 0.333. The highest BCUT2D eigenvalue weighted by atomic mass is 32.1. The lowest BCUT2D eigenvalue weighted by Crippen LogP contribution is -2.51. The van der Waals surface area contributed by atoms with Gasteiger partial charge in [-0.3, -0.25) is 14.6 Å². The van der Waals surface area contributed by atoms with E-state index in [-0.39, 0.29) is 23.7 Å². The number of methoxy groups -OCH3 is 1. The summed E-state index contributed by atoms with van der Waals surface area (Å²) in [5.74, 6) is 0.210. The first-order valence-electron chi connectivity index (χ1n) is 14.2. The van der Waals surface area contributed by atoms with Crippen molar-refractivity contribution in [1.82, 2.24) is 9.88 Å². The fourth-order valence-corrected chi connectivity index (χ4v) is 6.26. The summed E-state index contributed by atoms with van der Waals surface area (Å²) in [6.07, 6.45) is 3.68. The predicted octanol–water partition coefficient (Wildman–Crippen LogP) is 7.25. The zero-order valence-corrected chi connectivity index (χ0v) is 25.5. The maximum Gasteiger partial charge on any atom is 0.256 e. The number of aromatic nitrogens is 1. The summed E-state index contributed by atoms with van der Waals surface area (Å²) >= 11 is 1.41. The number of carbonyl (C=O) groups excluding carboxylic acids is 2. The van der Waals surface area contributed by atoms with Crippen LogP contribution in [0, 0.1) is 11.2 Å². The van der Waals surface area contributed by atoms with Crippen LogP contribution in [-0.2, 0) is 4.79 Å². The van der Waals surface area contributed by atoms with Gasteiger partial charge in [0, 0.05) is 30.1 Å². The van der Waals surface area contributed by atoms with E-state index in [4.69, 9.17) is 9.47 Å². The number of anilines is 1. The number of aliphatic imine (C=N–C) groups is 1. The lowest BCUT2D eigenvalue weighted by atomic mass is 9.76. The third-order valence-electron chi connectivity index (χ3n) is 8.64. The van der Waals surface area contributed by atoms with Crippen molar-refractivity contribution < 1.29 is 23.5 Å². The van der Waals surface area contributed by atoms with Gasteiger partial charge >= 0.3 is 0 Å². The second-order valence-corrected chi connectivity index (χ2v) is 12.9. The maximum absolute atomic E-state index is 13.6. The fourth-order valence-electron chi connectivity index (χ4n) is 5.27. The summed E-state index contributed by atoms with van der Waals surface area (Å²) in [5.41, 5.74) is 1.25. The van der Waals surface area contributed by atoms with Gasteiger partial charge in [-0.15, -0.1) is 11.3 Å². The normalized spacial score (nSPS) is 16.6. The average molecular weight is 601 g/mol. The van der Waals surface area contributed by atoms with E-state index in [1.165, 1.54) is 30.6 Å². The molecule has 0 spiro atoms. The van der Waals surface area contributed by atoms with Crippen LogP contribution in [0.25, 0.3) is 20.8 Å². The van der Waals surface area contributed by atoms with Gasteiger partial charge in [-0.25, -0.2) is 9.37 Å². The number of carbonyl (C=O) groups is 2. The number of amides is 2. The number of nitrogens with one attached hydrogen (secondary N) is 1. The van der Waals surface area contributed by atoms with E-state index >= 15 is 0 Å². The van der Waals surface area contributed by atoms with Crippen LogP contribution in [0.15, 0.2) is 59.6 Å². The Hall–Kier alpha value is -4.31. The second kappa shape index (κ2) is 10.8. The molecule has 1 aromatic heterocycles. The molecule has 222 valence electrons. The molecule has 4 aromatic rings. The molecule has 3 aromatic carbocycles. The Morgan fingerprint density at radius 2 is 1.84 bits per heavy atom. The van der Waals surface area contributed by atoms with Crippen LogP contribution >= 0.6 is 11.3 Å². The minimum Gasteiger partial charge on any atom is -0.493 e. The van der Waals surface area contributed by atoms with Gasteiger partial charge < -0.3 is 19.7 Å². The van der Waals surface area contributed by atoms with Crippen molar-refractivity contribution in [3.8, 4) is 22.1 Å². The Morgan fingerprint density at radius 3 is 2.58 bits per heavy atom. The number of nitrogens with zero attached hydrogens (tertiary/aromatic N) is 3.